The van der Waals surface area contributed by atoms with Crippen molar-refractivity contribution in [2.75, 3.05) is 11.9 Å². The van der Waals surface area contributed by atoms with Crippen LogP contribution in [0.2, 0.25) is 15.1 Å². The van der Waals surface area contributed by atoms with Crippen LogP contribution >= 0.6 is 34.8 Å². The Morgan fingerprint density at radius 3 is 2.63 bits per heavy atom. The maximum absolute atomic E-state index is 13.1. The number of amides is 2. The van der Waals surface area contributed by atoms with Crippen molar-refractivity contribution in [3.05, 3.63) is 81.2 Å². The van der Waals surface area contributed by atoms with Crippen LogP contribution < -0.4 is 15.5 Å². The van der Waals surface area contributed by atoms with Crippen molar-refractivity contribution < 1.29 is 18.7 Å². The number of rotatable bonds is 5. The Morgan fingerprint density at radius 1 is 1.13 bits per heavy atom. The summed E-state index contributed by atoms with van der Waals surface area (Å²) in [5.41, 5.74) is 3.44. The minimum Gasteiger partial charge on any atom is -0.482 e. The van der Waals surface area contributed by atoms with E-state index in [1.54, 1.807) is 36.4 Å². The molecule has 0 bridgehead atoms. The lowest BCUT2D eigenvalue weighted by Crippen LogP contribution is -2.53. The summed E-state index contributed by atoms with van der Waals surface area (Å²) in [5.74, 6) is -0.298. The third-order valence-corrected chi connectivity index (χ3v) is 5.06. The normalized spacial score (nSPS) is 15.4. The van der Waals surface area contributed by atoms with Crippen molar-refractivity contribution in [1.82, 2.24) is 10.4 Å². The Bertz CT molecular complexity index is 1100. The minimum atomic E-state index is -0.760. The number of furan rings is 1. The van der Waals surface area contributed by atoms with Gasteiger partial charge in [-0.25, -0.2) is 5.01 Å². The van der Waals surface area contributed by atoms with E-state index < -0.39 is 18.0 Å². The highest BCUT2D eigenvalue weighted by Crippen LogP contribution is 2.33. The van der Waals surface area contributed by atoms with Crippen molar-refractivity contribution in [2.24, 2.45) is 0 Å². The number of ether oxygens (including phenoxy) is 1. The topological polar surface area (TPSA) is 83.8 Å². The molecule has 1 aromatic heterocycles. The molecular formula is C20H14Cl3N3O4. The van der Waals surface area contributed by atoms with Crippen LogP contribution in [-0.2, 0) is 4.79 Å². The number of fused-ring (bicyclic) bond motifs is 1. The Balaban J connectivity index is 1.54. The van der Waals surface area contributed by atoms with Gasteiger partial charge in [0.2, 0.25) is 0 Å². The zero-order valence-electron chi connectivity index (χ0n) is 15.2. The van der Waals surface area contributed by atoms with Crippen LogP contribution in [0.15, 0.2) is 59.2 Å². The van der Waals surface area contributed by atoms with Crippen LogP contribution in [0.5, 0.6) is 5.75 Å². The van der Waals surface area contributed by atoms with Crippen LogP contribution in [0.3, 0.4) is 0 Å². The van der Waals surface area contributed by atoms with E-state index in [-0.39, 0.29) is 11.6 Å². The number of carbonyl (C=O) groups excluding carboxylic acids is 2. The van der Waals surface area contributed by atoms with Crippen LogP contribution in [0.25, 0.3) is 0 Å². The molecular weight excluding hydrogens is 453 g/mol. The molecule has 0 fully saturated rings. The third-order valence-electron chi connectivity index (χ3n) is 4.29. The van der Waals surface area contributed by atoms with E-state index in [0.29, 0.717) is 32.8 Å². The average Bonchev–Trinajstić information content (AvgIpc) is 3.24. The molecule has 0 aliphatic carbocycles. The SMILES string of the molecule is O=C(COc1ccc(Cl)cc1Cl)NN1C(=O)c2cc(Cl)ccc2NC1c1ccco1. The fourth-order valence-corrected chi connectivity index (χ4v) is 3.58. The molecule has 154 valence electrons. The van der Waals surface area contributed by atoms with Gasteiger partial charge in [0.25, 0.3) is 11.8 Å². The number of nitrogens with zero attached hydrogens (tertiary/aromatic N) is 1. The van der Waals surface area contributed by atoms with Gasteiger partial charge >= 0.3 is 0 Å². The summed E-state index contributed by atoms with van der Waals surface area (Å²) in [5, 5.41) is 5.40. The van der Waals surface area contributed by atoms with Gasteiger partial charge in [-0.05, 0) is 48.5 Å². The van der Waals surface area contributed by atoms with Crippen LogP contribution in [0.4, 0.5) is 5.69 Å². The number of hydrazine groups is 1. The maximum atomic E-state index is 13.1. The number of benzene rings is 2. The molecule has 0 spiro atoms. The second-order valence-electron chi connectivity index (χ2n) is 6.33. The van der Waals surface area contributed by atoms with Gasteiger partial charge < -0.3 is 14.5 Å². The molecule has 4 rings (SSSR count). The van der Waals surface area contributed by atoms with E-state index in [1.807, 2.05) is 0 Å². The Labute approximate surface area is 186 Å². The van der Waals surface area contributed by atoms with E-state index in [2.05, 4.69) is 10.7 Å². The Hall–Kier alpha value is -2.87. The number of nitrogens with one attached hydrogen (secondary N) is 2. The van der Waals surface area contributed by atoms with Gasteiger partial charge in [-0.3, -0.25) is 15.0 Å². The van der Waals surface area contributed by atoms with Crippen LogP contribution in [0, 0.1) is 0 Å². The summed E-state index contributed by atoms with van der Waals surface area (Å²) >= 11 is 17.9. The van der Waals surface area contributed by atoms with Gasteiger partial charge in [0.1, 0.15) is 11.5 Å². The molecule has 2 heterocycles. The minimum absolute atomic E-state index is 0.267. The van der Waals surface area contributed by atoms with E-state index in [0.717, 1.165) is 5.01 Å². The maximum Gasteiger partial charge on any atom is 0.276 e. The zero-order chi connectivity index (χ0) is 21.3. The summed E-state index contributed by atoms with van der Waals surface area (Å²) in [7, 11) is 0. The molecule has 30 heavy (non-hydrogen) atoms. The molecule has 0 saturated carbocycles. The van der Waals surface area contributed by atoms with Crippen molar-refractivity contribution in [3.63, 3.8) is 0 Å². The molecule has 1 aliphatic rings. The lowest BCUT2D eigenvalue weighted by atomic mass is 10.1. The number of hydrogen-bond acceptors (Lipinski definition) is 5. The Morgan fingerprint density at radius 2 is 1.90 bits per heavy atom. The third kappa shape index (κ3) is 4.18. The fourth-order valence-electron chi connectivity index (χ4n) is 2.94. The lowest BCUT2D eigenvalue weighted by Gasteiger charge is -2.36. The summed E-state index contributed by atoms with van der Waals surface area (Å²) in [6.07, 6.45) is 0.717. The second-order valence-corrected chi connectivity index (χ2v) is 7.61. The molecule has 2 aromatic carbocycles. The predicted molar refractivity (Wildman–Crippen MR) is 113 cm³/mol. The van der Waals surface area contributed by atoms with E-state index in [9.17, 15) is 9.59 Å². The molecule has 1 aliphatic heterocycles. The van der Waals surface area contributed by atoms with Gasteiger partial charge in [-0.15, -0.1) is 0 Å². The zero-order valence-corrected chi connectivity index (χ0v) is 17.5. The molecule has 7 nitrogen and oxygen atoms in total. The first-order valence-corrected chi connectivity index (χ1v) is 9.86. The summed E-state index contributed by atoms with van der Waals surface area (Å²) in [6, 6.07) is 12.9. The van der Waals surface area contributed by atoms with Gasteiger partial charge in [-0.1, -0.05) is 34.8 Å². The van der Waals surface area contributed by atoms with Crippen LogP contribution in [0.1, 0.15) is 22.3 Å². The van der Waals surface area contributed by atoms with Crippen molar-refractivity contribution in [2.45, 2.75) is 6.17 Å². The van der Waals surface area contributed by atoms with E-state index >= 15 is 0 Å². The van der Waals surface area contributed by atoms with Gasteiger partial charge in [0.05, 0.1) is 16.8 Å². The van der Waals surface area contributed by atoms with Gasteiger partial charge in [0, 0.05) is 15.7 Å². The van der Waals surface area contributed by atoms with Crippen LogP contribution in [-0.4, -0.2) is 23.4 Å². The first kappa shape index (κ1) is 20.4. The van der Waals surface area contributed by atoms with Gasteiger partial charge in [-0.2, -0.15) is 0 Å². The lowest BCUT2D eigenvalue weighted by molar-refractivity contribution is -0.127. The molecule has 3 aromatic rings. The predicted octanol–water partition coefficient (Wildman–Crippen LogP) is 4.92. The average molecular weight is 467 g/mol. The molecule has 1 unspecified atom stereocenters. The van der Waals surface area contributed by atoms with E-state index in [1.165, 1.54) is 18.4 Å². The highest BCUT2D eigenvalue weighted by Gasteiger charge is 2.36. The van der Waals surface area contributed by atoms with Crippen molar-refractivity contribution in [3.8, 4) is 5.75 Å². The fraction of sp³-hybridized carbons (Fsp3) is 0.100. The number of halogens is 3. The molecule has 2 N–H and O–H groups in total. The largest absolute Gasteiger partial charge is 0.482 e. The smallest absolute Gasteiger partial charge is 0.276 e. The summed E-state index contributed by atoms with van der Waals surface area (Å²) in [4.78, 5) is 25.6. The summed E-state index contributed by atoms with van der Waals surface area (Å²) in [6.45, 7) is -0.377. The quantitative estimate of drug-likeness (QED) is 0.558. The first-order chi connectivity index (χ1) is 14.4. The molecule has 0 radical (unpaired) electrons. The number of hydrogen-bond donors (Lipinski definition) is 2. The summed E-state index contributed by atoms with van der Waals surface area (Å²) < 4.78 is 10.9. The van der Waals surface area contributed by atoms with Crippen molar-refractivity contribution in [1.29, 1.82) is 0 Å². The standard InChI is InChI=1S/C20H14Cl3N3O4/c21-11-3-5-15-13(8-11)20(28)26(19(24-15)17-2-1-7-29-17)25-18(27)10-30-16-6-4-12(22)9-14(16)23/h1-9,19,24H,10H2,(H,25,27). The molecule has 2 amide bonds. The number of carbonyl (C=O) groups is 2. The Kier molecular flexibility index (Phi) is 5.76. The van der Waals surface area contributed by atoms with E-state index in [4.69, 9.17) is 44.0 Å². The first-order valence-electron chi connectivity index (χ1n) is 8.73. The molecule has 1 atom stereocenters. The van der Waals surface area contributed by atoms with Gasteiger partial charge in [0.15, 0.2) is 12.8 Å². The molecule has 0 saturated heterocycles. The van der Waals surface area contributed by atoms with Crippen molar-refractivity contribution >= 4 is 52.3 Å². The highest BCUT2D eigenvalue weighted by atomic mass is 35.5. The monoisotopic (exact) mass is 465 g/mol. The highest BCUT2D eigenvalue weighted by molar-refractivity contribution is 6.35. The second kappa shape index (κ2) is 8.47. The molecule has 10 heteroatoms. The number of anilines is 1.